The van der Waals surface area contributed by atoms with Crippen LogP contribution < -0.4 is 15.4 Å². The fourth-order valence-corrected chi connectivity index (χ4v) is 2.85. The van der Waals surface area contributed by atoms with Crippen molar-refractivity contribution in [1.29, 1.82) is 0 Å². The summed E-state index contributed by atoms with van der Waals surface area (Å²) in [5, 5.41) is 6.60. The minimum Gasteiger partial charge on any atom is -0.494 e. The van der Waals surface area contributed by atoms with Crippen molar-refractivity contribution < 1.29 is 9.53 Å². The highest BCUT2D eigenvalue weighted by molar-refractivity contribution is 5.80. The average molecular weight is 346 g/mol. The molecule has 0 radical (unpaired) electrons. The van der Waals surface area contributed by atoms with E-state index in [9.17, 15) is 4.79 Å². The maximum Gasteiger partial charge on any atom is 0.222 e. The van der Waals surface area contributed by atoms with Gasteiger partial charge in [0.25, 0.3) is 0 Å². The van der Waals surface area contributed by atoms with Crippen LogP contribution in [0.4, 0.5) is 0 Å². The Morgan fingerprint density at radius 2 is 2.12 bits per heavy atom. The molecule has 138 valence electrons. The van der Waals surface area contributed by atoms with Crippen molar-refractivity contribution in [3.05, 3.63) is 29.8 Å². The molecule has 1 aliphatic rings. The summed E-state index contributed by atoms with van der Waals surface area (Å²) in [6.07, 6.45) is 2.62. The molecule has 1 amide bonds. The number of carbonyl (C=O) groups excluding carboxylic acids is 1. The molecule has 1 aromatic rings. The highest BCUT2D eigenvalue weighted by Crippen LogP contribution is 2.18. The van der Waals surface area contributed by atoms with Gasteiger partial charge in [-0.3, -0.25) is 4.79 Å². The normalized spacial score (nSPS) is 14.7. The number of hydrogen-bond donors (Lipinski definition) is 2. The average Bonchev–Trinajstić information content (AvgIpc) is 3.03. The molecule has 1 fully saturated rings. The number of carbonyl (C=O) groups is 1. The predicted octanol–water partition coefficient (Wildman–Crippen LogP) is 2.15. The first-order valence-electron chi connectivity index (χ1n) is 9.25. The van der Waals surface area contributed by atoms with Crippen molar-refractivity contribution in [1.82, 2.24) is 15.5 Å². The molecule has 0 aromatic heterocycles. The maximum absolute atomic E-state index is 11.6. The number of rotatable bonds is 9. The molecule has 0 atom stereocenters. The van der Waals surface area contributed by atoms with Crippen LogP contribution in [0.25, 0.3) is 0 Å². The second-order valence-corrected chi connectivity index (χ2v) is 6.00. The largest absolute Gasteiger partial charge is 0.494 e. The van der Waals surface area contributed by atoms with Crippen molar-refractivity contribution in [3.63, 3.8) is 0 Å². The van der Waals surface area contributed by atoms with E-state index in [4.69, 9.17) is 4.74 Å². The molecule has 1 aliphatic heterocycles. The van der Waals surface area contributed by atoms with Crippen LogP contribution in [0.3, 0.4) is 0 Å². The van der Waals surface area contributed by atoms with E-state index >= 15 is 0 Å². The lowest BCUT2D eigenvalue weighted by atomic mass is 10.2. The Bertz CT molecular complexity index is 574. The van der Waals surface area contributed by atoms with Crippen molar-refractivity contribution in [2.75, 3.05) is 32.8 Å². The summed E-state index contributed by atoms with van der Waals surface area (Å²) in [6.45, 7) is 8.57. The fourth-order valence-electron chi connectivity index (χ4n) is 2.85. The summed E-state index contributed by atoms with van der Waals surface area (Å²) >= 11 is 0. The highest BCUT2D eigenvalue weighted by Gasteiger charge is 2.18. The zero-order valence-corrected chi connectivity index (χ0v) is 15.4. The van der Waals surface area contributed by atoms with Gasteiger partial charge in [-0.25, -0.2) is 4.99 Å². The van der Waals surface area contributed by atoms with Crippen LogP contribution in [0.1, 0.15) is 38.7 Å². The van der Waals surface area contributed by atoms with E-state index in [1.807, 2.05) is 43.0 Å². The van der Waals surface area contributed by atoms with Gasteiger partial charge in [0.05, 0.1) is 13.2 Å². The third-order valence-electron chi connectivity index (χ3n) is 4.09. The van der Waals surface area contributed by atoms with E-state index < -0.39 is 0 Å². The lowest BCUT2D eigenvalue weighted by molar-refractivity contribution is -0.127. The minimum atomic E-state index is 0.285. The van der Waals surface area contributed by atoms with Crippen molar-refractivity contribution in [2.24, 2.45) is 4.99 Å². The van der Waals surface area contributed by atoms with Gasteiger partial charge in [-0.1, -0.05) is 18.2 Å². The number of benzene rings is 1. The lowest BCUT2D eigenvalue weighted by Gasteiger charge is -2.16. The molecule has 0 saturated carbocycles. The smallest absolute Gasteiger partial charge is 0.222 e. The molecule has 0 spiro atoms. The van der Waals surface area contributed by atoms with Crippen LogP contribution in [0.5, 0.6) is 5.75 Å². The lowest BCUT2D eigenvalue weighted by Crippen LogP contribution is -2.39. The fraction of sp³-hybridized carbons (Fsp3) is 0.579. The van der Waals surface area contributed by atoms with Gasteiger partial charge in [-0.05, 0) is 32.8 Å². The molecule has 25 heavy (non-hydrogen) atoms. The standard InChI is InChI=1S/C19H30N4O2/c1-3-20-19(21-12-8-14-23-13-7-11-18(23)24)22-15-16-9-5-6-10-17(16)25-4-2/h5-6,9-10H,3-4,7-8,11-15H2,1-2H3,(H2,20,21,22). The van der Waals surface area contributed by atoms with Gasteiger partial charge >= 0.3 is 0 Å². The number of nitrogens with zero attached hydrogens (tertiary/aromatic N) is 2. The first-order chi connectivity index (χ1) is 12.2. The highest BCUT2D eigenvalue weighted by atomic mass is 16.5. The van der Waals surface area contributed by atoms with E-state index in [0.29, 0.717) is 19.6 Å². The van der Waals surface area contributed by atoms with Crippen LogP contribution in [-0.4, -0.2) is 49.6 Å². The molecule has 0 aliphatic carbocycles. The Labute approximate surface area is 150 Å². The van der Waals surface area contributed by atoms with Gasteiger partial charge in [0, 0.05) is 38.2 Å². The molecule has 2 N–H and O–H groups in total. The van der Waals surface area contributed by atoms with Gasteiger partial charge in [0.15, 0.2) is 5.96 Å². The van der Waals surface area contributed by atoms with Gasteiger partial charge < -0.3 is 20.3 Å². The number of aliphatic imine (C=N–C) groups is 1. The van der Waals surface area contributed by atoms with E-state index in [1.54, 1.807) is 0 Å². The van der Waals surface area contributed by atoms with Crippen LogP contribution in [0.2, 0.25) is 0 Å². The third kappa shape index (κ3) is 6.29. The number of para-hydroxylation sites is 1. The van der Waals surface area contributed by atoms with Crippen LogP contribution in [-0.2, 0) is 11.3 Å². The Hall–Kier alpha value is -2.24. The van der Waals surface area contributed by atoms with E-state index in [2.05, 4.69) is 15.6 Å². The zero-order valence-electron chi connectivity index (χ0n) is 15.4. The predicted molar refractivity (Wildman–Crippen MR) is 101 cm³/mol. The molecular weight excluding hydrogens is 316 g/mol. The Morgan fingerprint density at radius 3 is 2.84 bits per heavy atom. The minimum absolute atomic E-state index is 0.285. The molecule has 1 heterocycles. The van der Waals surface area contributed by atoms with Crippen molar-refractivity contribution in [2.45, 2.75) is 39.7 Å². The molecule has 6 nitrogen and oxygen atoms in total. The maximum atomic E-state index is 11.6. The van der Waals surface area contributed by atoms with Gasteiger partial charge in [-0.15, -0.1) is 0 Å². The summed E-state index contributed by atoms with van der Waals surface area (Å²) < 4.78 is 5.65. The number of guanidine groups is 1. The molecular formula is C19H30N4O2. The quantitative estimate of drug-likeness (QED) is 0.408. The van der Waals surface area contributed by atoms with E-state index in [0.717, 1.165) is 56.3 Å². The summed E-state index contributed by atoms with van der Waals surface area (Å²) in [4.78, 5) is 18.2. The molecule has 0 unspecified atom stereocenters. The monoisotopic (exact) mass is 346 g/mol. The first-order valence-corrected chi connectivity index (χ1v) is 9.25. The molecule has 1 aromatic carbocycles. The summed E-state index contributed by atoms with van der Waals surface area (Å²) in [6, 6.07) is 7.99. The number of likely N-dealkylation sites (tertiary alicyclic amines) is 1. The van der Waals surface area contributed by atoms with Crippen LogP contribution >= 0.6 is 0 Å². The Balaban J connectivity index is 1.82. The van der Waals surface area contributed by atoms with Crippen molar-refractivity contribution >= 4 is 11.9 Å². The van der Waals surface area contributed by atoms with E-state index in [1.165, 1.54) is 0 Å². The first kappa shape index (κ1) is 19.1. The van der Waals surface area contributed by atoms with Crippen LogP contribution in [0, 0.1) is 0 Å². The second-order valence-electron chi connectivity index (χ2n) is 6.00. The molecule has 2 rings (SSSR count). The number of hydrogen-bond acceptors (Lipinski definition) is 3. The number of amides is 1. The Kier molecular flexibility index (Phi) is 8.09. The zero-order chi connectivity index (χ0) is 17.9. The van der Waals surface area contributed by atoms with Gasteiger partial charge in [0.2, 0.25) is 5.91 Å². The van der Waals surface area contributed by atoms with Gasteiger partial charge in [0.1, 0.15) is 5.75 Å². The topological polar surface area (TPSA) is 66.0 Å². The molecule has 0 bridgehead atoms. The summed E-state index contributed by atoms with van der Waals surface area (Å²) in [7, 11) is 0. The summed E-state index contributed by atoms with van der Waals surface area (Å²) in [5.41, 5.74) is 1.07. The SMILES string of the molecule is CCNC(=NCc1ccccc1OCC)NCCCN1CCCC1=O. The number of nitrogens with one attached hydrogen (secondary N) is 2. The van der Waals surface area contributed by atoms with E-state index in [-0.39, 0.29) is 5.91 Å². The Morgan fingerprint density at radius 1 is 1.28 bits per heavy atom. The summed E-state index contributed by atoms with van der Waals surface area (Å²) in [5.74, 6) is 1.96. The van der Waals surface area contributed by atoms with Crippen LogP contribution in [0.15, 0.2) is 29.3 Å². The molecule has 6 heteroatoms. The third-order valence-corrected chi connectivity index (χ3v) is 4.09. The number of ether oxygens (including phenoxy) is 1. The molecule has 1 saturated heterocycles. The van der Waals surface area contributed by atoms with Crippen molar-refractivity contribution in [3.8, 4) is 5.75 Å². The second kappa shape index (κ2) is 10.6. The van der Waals surface area contributed by atoms with Gasteiger partial charge in [-0.2, -0.15) is 0 Å².